The molecule has 1 aliphatic heterocycles. The number of hydrogen-bond acceptors (Lipinski definition) is 3. The van der Waals surface area contributed by atoms with Crippen molar-refractivity contribution in [2.24, 2.45) is 0 Å². The van der Waals surface area contributed by atoms with E-state index in [0.717, 1.165) is 15.8 Å². The molecule has 0 radical (unpaired) electrons. The van der Waals surface area contributed by atoms with Crippen molar-refractivity contribution in [1.29, 1.82) is 0 Å². The lowest BCUT2D eigenvalue weighted by molar-refractivity contribution is 0.0543. The number of piperidine rings is 1. The lowest BCUT2D eigenvalue weighted by Gasteiger charge is -2.29. The Morgan fingerprint density at radius 1 is 1.12 bits per heavy atom. The number of nitrogens with zero attached hydrogens (tertiary/aromatic N) is 1. The van der Waals surface area contributed by atoms with E-state index < -0.39 is 5.82 Å². The molecule has 1 N–H and O–H groups in total. The first-order valence-electron chi connectivity index (χ1n) is 8.37. The predicted molar refractivity (Wildman–Crippen MR) is 98.4 cm³/mol. The molecule has 1 fully saturated rings. The number of hydrogen-bond donors (Lipinski definition) is 1. The normalized spacial score (nSPS) is 15.7. The van der Waals surface area contributed by atoms with Gasteiger partial charge in [-0.2, -0.15) is 0 Å². The molecule has 3 aromatic rings. The average molecular weight is 355 g/mol. The van der Waals surface area contributed by atoms with Gasteiger partial charge in [-0.25, -0.2) is 4.39 Å². The number of halogens is 1. The summed E-state index contributed by atoms with van der Waals surface area (Å²) in [5, 5.41) is 10.7. The standard InChI is InChI=1S/C20H18FNO2S/c21-17-6-5-14(19-12-13-3-1-2-4-18(13)25-19)11-16(17)20(24)22-9-7-15(23)8-10-22/h1-6,11-12,15,23H,7-10H2. The average Bonchev–Trinajstić information content (AvgIpc) is 3.06. The van der Waals surface area contributed by atoms with Crippen molar-refractivity contribution in [2.45, 2.75) is 18.9 Å². The number of amides is 1. The van der Waals surface area contributed by atoms with Crippen molar-refractivity contribution in [3.63, 3.8) is 0 Å². The number of aliphatic hydroxyl groups excluding tert-OH is 1. The molecule has 0 aliphatic carbocycles. The maximum Gasteiger partial charge on any atom is 0.256 e. The van der Waals surface area contributed by atoms with E-state index in [-0.39, 0.29) is 17.6 Å². The zero-order chi connectivity index (χ0) is 17.4. The topological polar surface area (TPSA) is 40.5 Å². The lowest BCUT2D eigenvalue weighted by atomic mass is 10.0. The minimum Gasteiger partial charge on any atom is -0.393 e. The summed E-state index contributed by atoms with van der Waals surface area (Å²) in [6.07, 6.45) is 0.728. The van der Waals surface area contributed by atoms with Gasteiger partial charge in [-0.05, 0) is 48.1 Å². The fourth-order valence-corrected chi connectivity index (χ4v) is 4.26. The summed E-state index contributed by atoms with van der Waals surface area (Å²) in [4.78, 5) is 15.3. The van der Waals surface area contributed by atoms with Crippen LogP contribution in [0.2, 0.25) is 0 Å². The molecule has 2 aromatic carbocycles. The monoisotopic (exact) mass is 355 g/mol. The first-order chi connectivity index (χ1) is 12.1. The van der Waals surface area contributed by atoms with Gasteiger partial charge in [0, 0.05) is 22.7 Å². The summed E-state index contributed by atoms with van der Waals surface area (Å²) in [6.45, 7) is 0.930. The number of rotatable bonds is 2. The molecular formula is C20H18FNO2S. The lowest BCUT2D eigenvalue weighted by Crippen LogP contribution is -2.40. The van der Waals surface area contributed by atoms with E-state index in [9.17, 15) is 14.3 Å². The van der Waals surface area contributed by atoms with Gasteiger partial charge in [0.1, 0.15) is 5.82 Å². The van der Waals surface area contributed by atoms with Crippen LogP contribution in [0.4, 0.5) is 4.39 Å². The summed E-state index contributed by atoms with van der Waals surface area (Å²) in [5.41, 5.74) is 0.953. The summed E-state index contributed by atoms with van der Waals surface area (Å²) >= 11 is 1.63. The van der Waals surface area contributed by atoms with Crippen LogP contribution in [0, 0.1) is 5.82 Å². The van der Waals surface area contributed by atoms with Gasteiger partial charge in [0.25, 0.3) is 5.91 Å². The molecule has 0 spiro atoms. The molecule has 1 aliphatic rings. The minimum atomic E-state index is -0.499. The Hall–Kier alpha value is -2.24. The van der Waals surface area contributed by atoms with Gasteiger partial charge in [-0.1, -0.05) is 24.3 Å². The first kappa shape index (κ1) is 16.2. The highest BCUT2D eigenvalue weighted by molar-refractivity contribution is 7.22. The van der Waals surface area contributed by atoms with Crippen LogP contribution in [0.1, 0.15) is 23.2 Å². The molecule has 0 saturated carbocycles. The molecule has 1 saturated heterocycles. The van der Waals surface area contributed by atoms with Crippen LogP contribution in [0.3, 0.4) is 0 Å². The molecule has 1 aromatic heterocycles. The van der Waals surface area contributed by atoms with Crippen molar-refractivity contribution in [3.8, 4) is 10.4 Å². The Labute approximate surface area is 149 Å². The maximum atomic E-state index is 14.3. The van der Waals surface area contributed by atoms with Crippen molar-refractivity contribution in [2.75, 3.05) is 13.1 Å². The van der Waals surface area contributed by atoms with Crippen LogP contribution in [-0.2, 0) is 0 Å². The van der Waals surface area contributed by atoms with E-state index >= 15 is 0 Å². The number of benzene rings is 2. The first-order valence-corrected chi connectivity index (χ1v) is 9.19. The molecule has 2 heterocycles. The van der Waals surface area contributed by atoms with E-state index in [2.05, 4.69) is 12.1 Å². The Morgan fingerprint density at radius 3 is 2.64 bits per heavy atom. The number of carbonyl (C=O) groups excluding carboxylic acids is 1. The van der Waals surface area contributed by atoms with Crippen LogP contribution >= 0.6 is 11.3 Å². The molecular weight excluding hydrogens is 337 g/mol. The minimum absolute atomic E-state index is 0.103. The summed E-state index contributed by atoms with van der Waals surface area (Å²) in [6, 6.07) is 14.9. The largest absolute Gasteiger partial charge is 0.393 e. The second-order valence-electron chi connectivity index (χ2n) is 6.37. The number of fused-ring (bicyclic) bond motifs is 1. The van der Waals surface area contributed by atoms with Gasteiger partial charge in [-0.15, -0.1) is 11.3 Å². The van der Waals surface area contributed by atoms with E-state index in [0.29, 0.717) is 25.9 Å². The third kappa shape index (κ3) is 3.17. The molecule has 25 heavy (non-hydrogen) atoms. The number of thiophene rings is 1. The van der Waals surface area contributed by atoms with Crippen LogP contribution < -0.4 is 0 Å². The summed E-state index contributed by atoms with van der Waals surface area (Å²) in [5.74, 6) is -0.798. The van der Waals surface area contributed by atoms with Gasteiger partial charge in [0.05, 0.1) is 11.7 Å². The zero-order valence-corrected chi connectivity index (χ0v) is 14.4. The number of carbonyl (C=O) groups is 1. The number of likely N-dealkylation sites (tertiary alicyclic amines) is 1. The van der Waals surface area contributed by atoms with E-state index in [1.165, 1.54) is 10.8 Å². The van der Waals surface area contributed by atoms with Crippen LogP contribution in [0.15, 0.2) is 48.5 Å². The molecule has 3 nitrogen and oxygen atoms in total. The Bertz CT molecular complexity index is 895. The second-order valence-corrected chi connectivity index (χ2v) is 7.45. The van der Waals surface area contributed by atoms with Crippen molar-refractivity contribution in [1.82, 2.24) is 4.90 Å². The smallest absolute Gasteiger partial charge is 0.256 e. The zero-order valence-electron chi connectivity index (χ0n) is 13.6. The fraction of sp³-hybridized carbons (Fsp3) is 0.250. The van der Waals surface area contributed by atoms with Gasteiger partial charge in [0.15, 0.2) is 0 Å². The SMILES string of the molecule is O=C(c1cc(-c2cc3ccccc3s2)ccc1F)N1CCC(O)CC1. The molecule has 4 rings (SSSR count). The molecule has 0 atom stereocenters. The van der Waals surface area contributed by atoms with Crippen molar-refractivity contribution >= 4 is 27.3 Å². The molecule has 0 bridgehead atoms. The van der Waals surface area contributed by atoms with Gasteiger partial charge < -0.3 is 10.0 Å². The van der Waals surface area contributed by atoms with E-state index in [1.54, 1.807) is 28.4 Å². The van der Waals surface area contributed by atoms with Gasteiger partial charge >= 0.3 is 0 Å². The van der Waals surface area contributed by atoms with Crippen molar-refractivity contribution in [3.05, 3.63) is 59.9 Å². The second kappa shape index (κ2) is 6.58. The Morgan fingerprint density at radius 2 is 1.88 bits per heavy atom. The van der Waals surface area contributed by atoms with Gasteiger partial charge in [0.2, 0.25) is 0 Å². The summed E-state index contributed by atoms with van der Waals surface area (Å²) in [7, 11) is 0. The van der Waals surface area contributed by atoms with Crippen LogP contribution in [0.5, 0.6) is 0 Å². The maximum absolute atomic E-state index is 14.3. The molecule has 128 valence electrons. The highest BCUT2D eigenvalue weighted by atomic mass is 32.1. The summed E-state index contributed by atoms with van der Waals surface area (Å²) < 4.78 is 15.4. The molecule has 1 amide bonds. The van der Waals surface area contributed by atoms with E-state index in [4.69, 9.17) is 0 Å². The Kier molecular flexibility index (Phi) is 4.27. The highest BCUT2D eigenvalue weighted by Gasteiger charge is 2.24. The Balaban J connectivity index is 1.67. The molecule has 5 heteroatoms. The predicted octanol–water partition coefficient (Wildman–Crippen LogP) is 4.30. The third-order valence-corrected chi connectivity index (χ3v) is 5.82. The van der Waals surface area contributed by atoms with Crippen molar-refractivity contribution < 1.29 is 14.3 Å². The fourth-order valence-electron chi connectivity index (χ4n) is 3.21. The third-order valence-electron chi connectivity index (χ3n) is 4.66. The van der Waals surface area contributed by atoms with Crippen LogP contribution in [0.25, 0.3) is 20.5 Å². The highest BCUT2D eigenvalue weighted by Crippen LogP contribution is 2.34. The van der Waals surface area contributed by atoms with Crippen LogP contribution in [-0.4, -0.2) is 35.1 Å². The van der Waals surface area contributed by atoms with E-state index in [1.807, 2.05) is 18.2 Å². The van der Waals surface area contributed by atoms with Gasteiger partial charge in [-0.3, -0.25) is 4.79 Å². The quantitative estimate of drug-likeness (QED) is 0.744. The number of aliphatic hydroxyl groups is 1. The molecule has 0 unspecified atom stereocenters.